The molecule has 22 heavy (non-hydrogen) atoms. The van der Waals surface area contributed by atoms with Crippen molar-refractivity contribution in [2.75, 3.05) is 31.3 Å². The third kappa shape index (κ3) is 4.30. The average molecular weight is 350 g/mol. The first kappa shape index (κ1) is 19.6. The number of thioether (sulfide) groups is 1. The van der Waals surface area contributed by atoms with Gasteiger partial charge in [0, 0.05) is 24.3 Å². The molecule has 1 unspecified atom stereocenters. The normalized spacial score (nSPS) is 23.4. The highest BCUT2D eigenvalue weighted by molar-refractivity contribution is 7.99. The fourth-order valence-electron chi connectivity index (χ4n) is 2.88. The lowest BCUT2D eigenvalue weighted by Gasteiger charge is -2.36. The molecule has 0 spiro atoms. The van der Waals surface area contributed by atoms with Crippen molar-refractivity contribution in [3.63, 3.8) is 0 Å². The number of amides is 2. The van der Waals surface area contributed by atoms with Crippen molar-refractivity contribution in [3.05, 3.63) is 0 Å². The number of nitrogens with two attached hydrogens (primary N) is 1. The van der Waals surface area contributed by atoms with Gasteiger partial charge in [-0.05, 0) is 25.3 Å². The van der Waals surface area contributed by atoms with Gasteiger partial charge >= 0.3 is 0 Å². The van der Waals surface area contributed by atoms with Gasteiger partial charge in [-0.3, -0.25) is 9.59 Å². The smallest absolute Gasteiger partial charge is 0.246 e. The second-order valence-corrected chi connectivity index (χ2v) is 8.04. The van der Waals surface area contributed by atoms with Crippen molar-refractivity contribution in [2.45, 2.75) is 39.7 Å². The zero-order valence-corrected chi connectivity index (χ0v) is 15.3. The van der Waals surface area contributed by atoms with Crippen LogP contribution in [-0.4, -0.2) is 58.9 Å². The number of nitrogens with zero attached hydrogens (tertiary/aromatic N) is 2. The Labute approximate surface area is 143 Å². The first-order valence-corrected chi connectivity index (χ1v) is 8.87. The lowest BCUT2D eigenvalue weighted by Crippen LogP contribution is -2.53. The van der Waals surface area contributed by atoms with Gasteiger partial charge in [0.1, 0.15) is 6.04 Å². The first-order valence-electron chi connectivity index (χ1n) is 7.72. The van der Waals surface area contributed by atoms with Gasteiger partial charge in [0.2, 0.25) is 11.8 Å². The molecule has 7 heteroatoms. The van der Waals surface area contributed by atoms with E-state index in [1.807, 2.05) is 25.7 Å². The van der Waals surface area contributed by atoms with E-state index >= 15 is 0 Å². The summed E-state index contributed by atoms with van der Waals surface area (Å²) in [7, 11) is 0. The van der Waals surface area contributed by atoms with Crippen LogP contribution >= 0.6 is 24.2 Å². The quantitative estimate of drug-likeness (QED) is 0.821. The minimum absolute atomic E-state index is 0. The number of hydrogen-bond donors (Lipinski definition) is 1. The van der Waals surface area contributed by atoms with E-state index in [4.69, 9.17) is 5.73 Å². The summed E-state index contributed by atoms with van der Waals surface area (Å²) in [6, 6.07) is -0.281. The van der Waals surface area contributed by atoms with E-state index < -0.39 is 5.41 Å². The lowest BCUT2D eigenvalue weighted by molar-refractivity contribution is -0.148. The minimum Gasteiger partial charge on any atom is -0.341 e. The summed E-state index contributed by atoms with van der Waals surface area (Å²) >= 11 is 1.67. The Hall–Kier alpha value is -0.460. The molecule has 0 bridgehead atoms. The van der Waals surface area contributed by atoms with Crippen LogP contribution in [0.4, 0.5) is 0 Å². The fourth-order valence-corrected chi connectivity index (χ4v) is 4.02. The van der Waals surface area contributed by atoms with E-state index in [0.29, 0.717) is 18.3 Å². The molecule has 0 saturated carbocycles. The Morgan fingerprint density at radius 1 is 1.23 bits per heavy atom. The molecule has 2 rings (SSSR count). The molecule has 128 valence electrons. The van der Waals surface area contributed by atoms with Gasteiger partial charge in [-0.15, -0.1) is 24.2 Å². The highest BCUT2D eigenvalue weighted by Crippen LogP contribution is 2.29. The van der Waals surface area contributed by atoms with Gasteiger partial charge in [-0.25, -0.2) is 0 Å². The Morgan fingerprint density at radius 2 is 1.82 bits per heavy atom. The number of carbonyl (C=O) groups excluding carboxylic acids is 2. The van der Waals surface area contributed by atoms with E-state index in [0.717, 1.165) is 31.7 Å². The van der Waals surface area contributed by atoms with E-state index in [9.17, 15) is 9.59 Å². The molecule has 2 amide bonds. The molecular formula is C15H28ClN3O2S. The fraction of sp³-hybridized carbons (Fsp3) is 0.867. The third-order valence-electron chi connectivity index (χ3n) is 4.33. The molecule has 2 heterocycles. The first-order chi connectivity index (χ1) is 9.84. The van der Waals surface area contributed by atoms with Gasteiger partial charge in [-0.1, -0.05) is 20.8 Å². The molecule has 5 nitrogen and oxygen atoms in total. The number of rotatable bonds is 2. The number of carbonyl (C=O) groups is 2. The summed E-state index contributed by atoms with van der Waals surface area (Å²) in [5.41, 5.74) is 5.26. The van der Waals surface area contributed by atoms with Crippen molar-refractivity contribution in [3.8, 4) is 0 Å². The van der Waals surface area contributed by atoms with Crippen LogP contribution < -0.4 is 5.73 Å². The van der Waals surface area contributed by atoms with Crippen LogP contribution in [0.15, 0.2) is 0 Å². The van der Waals surface area contributed by atoms with Crippen LogP contribution in [-0.2, 0) is 9.59 Å². The monoisotopic (exact) mass is 349 g/mol. The summed E-state index contributed by atoms with van der Waals surface area (Å²) in [6.07, 6.45) is 1.96. The SMILES string of the molecule is CC(C)(C)C(=O)N1CSCC1C(=O)N1CCC(CN)CC1.Cl. The Morgan fingerprint density at radius 3 is 2.32 bits per heavy atom. The minimum atomic E-state index is -0.435. The zero-order chi connectivity index (χ0) is 15.6. The molecule has 2 saturated heterocycles. The van der Waals surface area contributed by atoms with Gasteiger partial charge in [0.25, 0.3) is 0 Å². The molecule has 0 aliphatic carbocycles. The maximum atomic E-state index is 12.7. The topological polar surface area (TPSA) is 66.6 Å². The zero-order valence-electron chi connectivity index (χ0n) is 13.7. The summed E-state index contributed by atoms with van der Waals surface area (Å²) in [4.78, 5) is 28.9. The average Bonchev–Trinajstić information content (AvgIpc) is 2.94. The predicted molar refractivity (Wildman–Crippen MR) is 93.0 cm³/mol. The maximum Gasteiger partial charge on any atom is 0.246 e. The lowest BCUT2D eigenvalue weighted by atomic mass is 9.94. The summed E-state index contributed by atoms with van der Waals surface area (Å²) < 4.78 is 0. The third-order valence-corrected chi connectivity index (χ3v) is 5.34. The van der Waals surface area contributed by atoms with E-state index in [-0.39, 0.29) is 30.3 Å². The Balaban J connectivity index is 0.00000242. The highest BCUT2D eigenvalue weighted by atomic mass is 35.5. The van der Waals surface area contributed by atoms with E-state index in [1.165, 1.54) is 0 Å². The summed E-state index contributed by atoms with van der Waals surface area (Å²) in [5, 5.41) is 0. The van der Waals surface area contributed by atoms with Crippen LogP contribution in [0.5, 0.6) is 0 Å². The second-order valence-electron chi connectivity index (χ2n) is 7.04. The van der Waals surface area contributed by atoms with Crippen molar-refractivity contribution in [1.82, 2.24) is 9.80 Å². The number of hydrogen-bond acceptors (Lipinski definition) is 4. The Bertz CT molecular complexity index is 406. The Kier molecular flexibility index (Phi) is 7.02. The van der Waals surface area contributed by atoms with Gasteiger partial charge in [0.15, 0.2) is 0 Å². The van der Waals surface area contributed by atoms with Crippen LogP contribution in [0, 0.1) is 11.3 Å². The van der Waals surface area contributed by atoms with Crippen LogP contribution in [0.25, 0.3) is 0 Å². The van der Waals surface area contributed by atoms with E-state index in [1.54, 1.807) is 16.7 Å². The number of piperidine rings is 1. The summed E-state index contributed by atoms with van der Waals surface area (Å²) in [6.45, 7) is 7.99. The van der Waals surface area contributed by atoms with Crippen molar-refractivity contribution in [1.29, 1.82) is 0 Å². The van der Waals surface area contributed by atoms with Crippen molar-refractivity contribution < 1.29 is 9.59 Å². The standard InChI is InChI=1S/C15H27N3O2S.ClH/c1-15(2,3)14(20)18-10-21-9-12(18)13(19)17-6-4-11(8-16)5-7-17;/h11-12H,4-10,16H2,1-3H3;1H. The molecule has 0 aromatic carbocycles. The molecule has 2 aliphatic rings. The van der Waals surface area contributed by atoms with E-state index in [2.05, 4.69) is 0 Å². The molecule has 2 fully saturated rings. The van der Waals surface area contributed by atoms with Gasteiger partial charge in [0.05, 0.1) is 5.88 Å². The molecule has 2 N–H and O–H groups in total. The molecule has 2 aliphatic heterocycles. The number of likely N-dealkylation sites (tertiary alicyclic amines) is 1. The molecule has 0 aromatic rings. The maximum absolute atomic E-state index is 12.7. The molecule has 1 atom stereocenters. The predicted octanol–water partition coefficient (Wildman–Crippen LogP) is 1.55. The van der Waals surface area contributed by atoms with Crippen molar-refractivity contribution in [2.24, 2.45) is 17.1 Å². The van der Waals surface area contributed by atoms with Crippen LogP contribution in [0.1, 0.15) is 33.6 Å². The largest absolute Gasteiger partial charge is 0.341 e. The second kappa shape index (κ2) is 7.88. The van der Waals surface area contributed by atoms with Crippen LogP contribution in [0.2, 0.25) is 0 Å². The van der Waals surface area contributed by atoms with Crippen LogP contribution in [0.3, 0.4) is 0 Å². The molecule has 0 radical (unpaired) electrons. The molecule has 0 aromatic heterocycles. The highest BCUT2D eigenvalue weighted by Gasteiger charge is 2.41. The van der Waals surface area contributed by atoms with Crippen molar-refractivity contribution >= 4 is 36.0 Å². The van der Waals surface area contributed by atoms with Gasteiger partial charge in [-0.2, -0.15) is 0 Å². The number of halogens is 1. The van der Waals surface area contributed by atoms with Gasteiger partial charge < -0.3 is 15.5 Å². The summed E-state index contributed by atoms with van der Waals surface area (Å²) in [5.74, 6) is 2.08. The molecular weight excluding hydrogens is 322 g/mol.